The number of nitrogens with zero attached hydrogens (tertiary/aromatic N) is 1. The fraction of sp³-hybridized carbons (Fsp3) is 0.105. The lowest BCUT2D eigenvalue weighted by molar-refractivity contribution is 0.402. The summed E-state index contributed by atoms with van der Waals surface area (Å²) in [5.41, 5.74) is 2.34. The van der Waals surface area contributed by atoms with Gasteiger partial charge < -0.3 is 4.74 Å². The molecule has 0 atom stereocenters. The molecule has 0 N–H and O–H groups in total. The van der Waals surface area contributed by atoms with E-state index >= 15 is 0 Å². The third-order valence-electron chi connectivity index (χ3n) is 3.79. The third kappa shape index (κ3) is 4.26. The number of sulfone groups is 1. The molecule has 1 heterocycles. The summed E-state index contributed by atoms with van der Waals surface area (Å²) in [7, 11) is -2.15. The van der Waals surface area contributed by atoms with Gasteiger partial charge in [0.05, 0.1) is 12.9 Å². The van der Waals surface area contributed by atoms with E-state index in [2.05, 4.69) is 20.9 Å². The average molecular weight is 453 g/mol. The van der Waals surface area contributed by atoms with Crippen LogP contribution in [0.4, 0.5) is 0 Å². The van der Waals surface area contributed by atoms with Gasteiger partial charge in [0.1, 0.15) is 10.6 Å². The van der Waals surface area contributed by atoms with Gasteiger partial charge in [0.25, 0.3) is 0 Å². The van der Waals surface area contributed by atoms with Gasteiger partial charge in [-0.1, -0.05) is 39.7 Å². The van der Waals surface area contributed by atoms with E-state index in [1.54, 1.807) is 42.7 Å². The fourth-order valence-electron chi connectivity index (χ4n) is 2.56. The molecule has 0 radical (unpaired) electrons. The van der Waals surface area contributed by atoms with Crippen molar-refractivity contribution < 1.29 is 13.2 Å². The van der Waals surface area contributed by atoms with E-state index in [0.717, 1.165) is 11.1 Å². The molecule has 0 fully saturated rings. The normalized spacial score (nSPS) is 11.3. The number of ether oxygens (including phenoxy) is 1. The van der Waals surface area contributed by atoms with Gasteiger partial charge in [-0.25, -0.2) is 8.42 Å². The highest BCUT2D eigenvalue weighted by molar-refractivity contribution is 9.10. The van der Waals surface area contributed by atoms with Crippen molar-refractivity contribution in [3.8, 4) is 16.9 Å². The summed E-state index contributed by atoms with van der Waals surface area (Å²) in [6, 6.07) is 14.0. The van der Waals surface area contributed by atoms with E-state index in [9.17, 15) is 8.42 Å². The molecule has 7 heteroatoms. The molecule has 0 saturated heterocycles. The van der Waals surface area contributed by atoms with Gasteiger partial charge in [-0.15, -0.1) is 0 Å². The van der Waals surface area contributed by atoms with Gasteiger partial charge in [-0.2, -0.15) is 0 Å². The Morgan fingerprint density at radius 1 is 1.04 bits per heavy atom. The van der Waals surface area contributed by atoms with Crippen LogP contribution in [0.25, 0.3) is 11.1 Å². The molecule has 1 aromatic heterocycles. The first-order valence-corrected chi connectivity index (χ1v) is 10.5. The van der Waals surface area contributed by atoms with Crippen LogP contribution >= 0.6 is 27.5 Å². The molecule has 26 heavy (non-hydrogen) atoms. The zero-order valence-electron chi connectivity index (χ0n) is 13.8. The van der Waals surface area contributed by atoms with Crippen molar-refractivity contribution in [2.24, 2.45) is 0 Å². The lowest BCUT2D eigenvalue weighted by Crippen LogP contribution is -2.07. The minimum Gasteiger partial charge on any atom is -0.495 e. The molecule has 3 rings (SSSR count). The standard InChI is InChI=1S/C19H15BrClNO3S/c1-25-18-7-4-16(20)9-19(18)26(23,24)12-13-8-15(11-22-10-13)14-2-5-17(21)6-3-14/h2-11H,12H2,1H3. The summed E-state index contributed by atoms with van der Waals surface area (Å²) in [5, 5.41) is 0.641. The van der Waals surface area contributed by atoms with Gasteiger partial charge in [0.2, 0.25) is 0 Å². The van der Waals surface area contributed by atoms with Gasteiger partial charge in [0, 0.05) is 27.5 Å². The number of methoxy groups -OCH3 is 1. The molecule has 0 spiro atoms. The topological polar surface area (TPSA) is 56.3 Å². The van der Waals surface area contributed by atoms with Crippen LogP contribution in [0.15, 0.2) is 70.3 Å². The number of rotatable bonds is 5. The summed E-state index contributed by atoms with van der Waals surface area (Å²) < 4.78 is 31.6. The first-order chi connectivity index (χ1) is 12.4. The summed E-state index contributed by atoms with van der Waals surface area (Å²) in [4.78, 5) is 4.33. The van der Waals surface area contributed by atoms with Crippen LogP contribution in [0.3, 0.4) is 0 Å². The predicted octanol–water partition coefficient (Wildman–Crippen LogP) is 5.15. The van der Waals surface area contributed by atoms with Crippen molar-refractivity contribution in [1.82, 2.24) is 4.98 Å². The predicted molar refractivity (Wildman–Crippen MR) is 106 cm³/mol. The Bertz CT molecular complexity index is 1040. The molecule has 0 aliphatic carbocycles. The van der Waals surface area contributed by atoms with Crippen LogP contribution in [0.5, 0.6) is 5.75 Å². The maximum Gasteiger partial charge on any atom is 0.186 e. The minimum absolute atomic E-state index is 0.145. The lowest BCUT2D eigenvalue weighted by Gasteiger charge is -2.11. The number of benzene rings is 2. The first-order valence-electron chi connectivity index (χ1n) is 7.65. The highest BCUT2D eigenvalue weighted by Gasteiger charge is 2.21. The number of pyridine rings is 1. The van der Waals surface area contributed by atoms with E-state index < -0.39 is 9.84 Å². The van der Waals surface area contributed by atoms with Crippen molar-refractivity contribution in [2.45, 2.75) is 10.6 Å². The van der Waals surface area contributed by atoms with Crippen molar-refractivity contribution >= 4 is 37.4 Å². The van der Waals surface area contributed by atoms with Crippen LogP contribution < -0.4 is 4.74 Å². The maximum atomic E-state index is 12.9. The van der Waals surface area contributed by atoms with Crippen LogP contribution in [0, 0.1) is 0 Å². The van der Waals surface area contributed by atoms with Crippen molar-refractivity contribution in [3.05, 3.63) is 76.0 Å². The molecule has 0 saturated carbocycles. The third-order valence-corrected chi connectivity index (χ3v) is 6.24. The molecule has 4 nitrogen and oxygen atoms in total. The minimum atomic E-state index is -3.60. The molecule has 3 aromatic rings. The number of aromatic nitrogens is 1. The Hall–Kier alpha value is -1.89. The van der Waals surface area contributed by atoms with E-state index in [1.807, 2.05) is 18.2 Å². The van der Waals surface area contributed by atoms with Crippen LogP contribution in [0.2, 0.25) is 5.02 Å². The molecule has 0 aliphatic rings. The van der Waals surface area contributed by atoms with Crippen LogP contribution in [0.1, 0.15) is 5.56 Å². The van der Waals surface area contributed by atoms with Gasteiger partial charge in [0.15, 0.2) is 9.84 Å². The summed E-state index contributed by atoms with van der Waals surface area (Å²) in [6.45, 7) is 0. The van der Waals surface area contributed by atoms with Gasteiger partial charge in [-0.3, -0.25) is 4.98 Å². The Morgan fingerprint density at radius 2 is 1.77 bits per heavy atom. The summed E-state index contributed by atoms with van der Waals surface area (Å²) >= 11 is 9.22. The number of hydrogen-bond acceptors (Lipinski definition) is 4. The second kappa shape index (κ2) is 7.78. The summed E-state index contributed by atoms with van der Waals surface area (Å²) in [6.07, 6.45) is 3.25. The van der Waals surface area contributed by atoms with Gasteiger partial charge in [-0.05, 0) is 47.5 Å². The Kier molecular flexibility index (Phi) is 5.65. The molecule has 0 amide bonds. The van der Waals surface area contributed by atoms with Crippen LogP contribution in [-0.2, 0) is 15.6 Å². The molecule has 134 valence electrons. The highest BCUT2D eigenvalue weighted by Crippen LogP contribution is 2.30. The Morgan fingerprint density at radius 3 is 2.46 bits per heavy atom. The zero-order valence-corrected chi connectivity index (χ0v) is 17.0. The van der Waals surface area contributed by atoms with E-state index in [0.29, 0.717) is 20.8 Å². The largest absolute Gasteiger partial charge is 0.495 e. The lowest BCUT2D eigenvalue weighted by atomic mass is 10.1. The Balaban J connectivity index is 1.95. The second-order valence-electron chi connectivity index (χ2n) is 5.64. The van der Waals surface area contributed by atoms with Crippen LogP contribution in [-0.4, -0.2) is 20.5 Å². The van der Waals surface area contributed by atoms with Gasteiger partial charge >= 0.3 is 0 Å². The zero-order chi connectivity index (χ0) is 18.7. The molecule has 0 bridgehead atoms. The summed E-state index contributed by atoms with van der Waals surface area (Å²) in [5.74, 6) is 0.142. The first kappa shape index (κ1) is 18.9. The molecule has 2 aromatic carbocycles. The van der Waals surface area contributed by atoms with Crippen molar-refractivity contribution in [2.75, 3.05) is 7.11 Å². The quantitative estimate of drug-likeness (QED) is 0.537. The smallest absolute Gasteiger partial charge is 0.186 e. The Labute approximate surface area is 165 Å². The van der Waals surface area contributed by atoms with E-state index in [4.69, 9.17) is 16.3 Å². The number of halogens is 2. The van der Waals surface area contributed by atoms with E-state index in [1.165, 1.54) is 7.11 Å². The second-order valence-corrected chi connectivity index (χ2v) is 8.95. The average Bonchev–Trinajstić information content (AvgIpc) is 2.62. The SMILES string of the molecule is COc1ccc(Br)cc1S(=O)(=O)Cc1cncc(-c2ccc(Cl)cc2)c1. The molecule has 0 unspecified atom stereocenters. The van der Waals surface area contributed by atoms with Crippen molar-refractivity contribution in [1.29, 1.82) is 0 Å². The monoisotopic (exact) mass is 451 g/mol. The number of hydrogen-bond donors (Lipinski definition) is 0. The highest BCUT2D eigenvalue weighted by atomic mass is 79.9. The van der Waals surface area contributed by atoms with E-state index in [-0.39, 0.29) is 10.6 Å². The maximum absolute atomic E-state index is 12.9. The molecular formula is C19H15BrClNO3S. The molecule has 0 aliphatic heterocycles. The van der Waals surface area contributed by atoms with Crippen molar-refractivity contribution in [3.63, 3.8) is 0 Å². The molecular weight excluding hydrogens is 438 g/mol. The fourth-order valence-corrected chi connectivity index (χ4v) is 4.71.